The standard InChI is InChI=1S/C17H34N2O7/c1-3-6-22-8-9-23-7-4-5-19-17(21)15-26-13-11-24-10-12-25-14-16(20)18-2/h3-15H2,1-2H3,(H,18,20)(H,19,21). The van der Waals surface area contributed by atoms with Crippen LogP contribution in [0.2, 0.25) is 0 Å². The maximum atomic E-state index is 11.5. The second-order valence-electron chi connectivity index (χ2n) is 5.32. The van der Waals surface area contributed by atoms with Crippen LogP contribution in [0.25, 0.3) is 0 Å². The van der Waals surface area contributed by atoms with E-state index in [1.54, 1.807) is 7.05 Å². The molecule has 0 fully saturated rings. The molecule has 0 aliphatic heterocycles. The van der Waals surface area contributed by atoms with Crippen molar-refractivity contribution in [2.24, 2.45) is 0 Å². The summed E-state index contributed by atoms with van der Waals surface area (Å²) in [5.74, 6) is -0.336. The van der Waals surface area contributed by atoms with Gasteiger partial charge in [-0.2, -0.15) is 0 Å². The van der Waals surface area contributed by atoms with Crippen LogP contribution in [0.5, 0.6) is 0 Å². The van der Waals surface area contributed by atoms with Gasteiger partial charge in [-0.1, -0.05) is 6.92 Å². The first-order chi connectivity index (χ1) is 12.7. The number of nitrogens with one attached hydrogen (secondary N) is 2. The Morgan fingerprint density at radius 1 is 0.692 bits per heavy atom. The van der Waals surface area contributed by atoms with Crippen LogP contribution in [0.15, 0.2) is 0 Å². The van der Waals surface area contributed by atoms with E-state index in [4.69, 9.17) is 23.7 Å². The first-order valence-corrected chi connectivity index (χ1v) is 9.06. The molecule has 0 atom stereocenters. The SMILES string of the molecule is CCCOCCOCCCNC(=O)COCCOCCOCC(=O)NC. The molecular weight excluding hydrogens is 344 g/mol. The van der Waals surface area contributed by atoms with Crippen LogP contribution in [0.4, 0.5) is 0 Å². The van der Waals surface area contributed by atoms with Gasteiger partial charge in [0.2, 0.25) is 11.8 Å². The first-order valence-electron chi connectivity index (χ1n) is 9.06. The van der Waals surface area contributed by atoms with E-state index >= 15 is 0 Å². The summed E-state index contributed by atoms with van der Waals surface area (Å²) in [7, 11) is 1.55. The highest BCUT2D eigenvalue weighted by Gasteiger charge is 2.01. The Labute approximate surface area is 156 Å². The van der Waals surface area contributed by atoms with Crippen LogP contribution in [-0.2, 0) is 33.3 Å². The van der Waals surface area contributed by atoms with Crippen LogP contribution < -0.4 is 10.6 Å². The van der Waals surface area contributed by atoms with Gasteiger partial charge < -0.3 is 34.3 Å². The van der Waals surface area contributed by atoms with Crippen LogP contribution in [0.1, 0.15) is 19.8 Å². The molecule has 0 aromatic carbocycles. The average Bonchev–Trinajstić information content (AvgIpc) is 2.65. The van der Waals surface area contributed by atoms with Gasteiger partial charge in [-0.15, -0.1) is 0 Å². The summed E-state index contributed by atoms with van der Waals surface area (Å²) in [6, 6.07) is 0. The van der Waals surface area contributed by atoms with Gasteiger partial charge in [0.25, 0.3) is 0 Å². The molecule has 2 amide bonds. The molecule has 0 aliphatic carbocycles. The Balaban J connectivity index is 3.19. The molecule has 9 heteroatoms. The number of carbonyl (C=O) groups excluding carboxylic acids is 2. The lowest BCUT2D eigenvalue weighted by Crippen LogP contribution is -2.29. The van der Waals surface area contributed by atoms with Crippen molar-refractivity contribution >= 4 is 11.8 Å². The number of rotatable bonds is 19. The van der Waals surface area contributed by atoms with Crippen molar-refractivity contribution in [3.05, 3.63) is 0 Å². The highest BCUT2D eigenvalue weighted by molar-refractivity contribution is 5.77. The second kappa shape index (κ2) is 20.1. The number of carbonyl (C=O) groups is 2. The van der Waals surface area contributed by atoms with Gasteiger partial charge >= 0.3 is 0 Å². The largest absolute Gasteiger partial charge is 0.379 e. The molecule has 154 valence electrons. The van der Waals surface area contributed by atoms with Gasteiger partial charge in [0.05, 0.1) is 39.6 Å². The zero-order valence-corrected chi connectivity index (χ0v) is 16.1. The molecule has 0 aromatic rings. The van der Waals surface area contributed by atoms with Crippen LogP contribution >= 0.6 is 0 Å². The monoisotopic (exact) mass is 378 g/mol. The van der Waals surface area contributed by atoms with E-state index in [1.165, 1.54) is 0 Å². The third kappa shape index (κ3) is 19.1. The molecule has 0 unspecified atom stereocenters. The quantitative estimate of drug-likeness (QED) is 0.298. The maximum Gasteiger partial charge on any atom is 0.246 e. The molecule has 26 heavy (non-hydrogen) atoms. The molecule has 0 saturated carbocycles. The number of hydrogen-bond acceptors (Lipinski definition) is 7. The van der Waals surface area contributed by atoms with Gasteiger partial charge in [-0.25, -0.2) is 0 Å². The molecular formula is C17H34N2O7. The van der Waals surface area contributed by atoms with E-state index in [0.717, 1.165) is 19.4 Å². The summed E-state index contributed by atoms with van der Waals surface area (Å²) in [5.41, 5.74) is 0. The molecule has 0 aliphatic rings. The van der Waals surface area contributed by atoms with Crippen molar-refractivity contribution in [3.63, 3.8) is 0 Å². The first kappa shape index (κ1) is 24.7. The van der Waals surface area contributed by atoms with E-state index < -0.39 is 0 Å². The predicted molar refractivity (Wildman–Crippen MR) is 96.1 cm³/mol. The van der Waals surface area contributed by atoms with Gasteiger partial charge in [0.1, 0.15) is 13.2 Å². The maximum absolute atomic E-state index is 11.5. The number of likely N-dealkylation sites (N-methyl/N-ethyl adjacent to an activating group) is 1. The van der Waals surface area contributed by atoms with Gasteiger partial charge in [0.15, 0.2) is 0 Å². The molecule has 0 rings (SSSR count). The molecule has 0 aromatic heterocycles. The van der Waals surface area contributed by atoms with Gasteiger partial charge in [0, 0.05) is 26.8 Å². The molecule has 2 N–H and O–H groups in total. The second-order valence-corrected chi connectivity index (χ2v) is 5.32. The summed E-state index contributed by atoms with van der Waals surface area (Å²) in [6.45, 7) is 6.57. The Bertz CT molecular complexity index is 343. The van der Waals surface area contributed by atoms with Crippen molar-refractivity contribution in [3.8, 4) is 0 Å². The Morgan fingerprint density at radius 2 is 1.19 bits per heavy atom. The summed E-state index contributed by atoms with van der Waals surface area (Å²) in [4.78, 5) is 22.4. The lowest BCUT2D eigenvalue weighted by atomic mass is 10.4. The molecule has 0 saturated heterocycles. The topological polar surface area (TPSA) is 104 Å². The Morgan fingerprint density at radius 3 is 1.77 bits per heavy atom. The molecule has 0 spiro atoms. The van der Waals surface area contributed by atoms with Crippen molar-refractivity contribution in [2.45, 2.75) is 19.8 Å². The highest BCUT2D eigenvalue weighted by atomic mass is 16.5. The highest BCUT2D eigenvalue weighted by Crippen LogP contribution is 1.86. The zero-order valence-electron chi connectivity index (χ0n) is 16.1. The van der Waals surface area contributed by atoms with Crippen LogP contribution in [0, 0.1) is 0 Å². The van der Waals surface area contributed by atoms with E-state index in [9.17, 15) is 9.59 Å². The normalized spacial score (nSPS) is 10.7. The summed E-state index contributed by atoms with van der Waals surface area (Å²) in [5, 5.41) is 5.21. The average molecular weight is 378 g/mol. The van der Waals surface area contributed by atoms with Gasteiger partial charge in [-0.05, 0) is 12.8 Å². The van der Waals surface area contributed by atoms with Crippen molar-refractivity contribution in [1.29, 1.82) is 0 Å². The van der Waals surface area contributed by atoms with E-state index in [1.807, 2.05) is 0 Å². The fraction of sp³-hybridized carbons (Fsp3) is 0.882. The minimum atomic E-state index is -0.174. The number of ether oxygens (including phenoxy) is 5. The Kier molecular flexibility index (Phi) is 19.1. The van der Waals surface area contributed by atoms with E-state index in [-0.39, 0.29) is 25.0 Å². The minimum absolute atomic E-state index is 0.00223. The Hall–Kier alpha value is -1.26. The number of amides is 2. The van der Waals surface area contributed by atoms with Crippen molar-refractivity contribution in [1.82, 2.24) is 10.6 Å². The smallest absolute Gasteiger partial charge is 0.246 e. The van der Waals surface area contributed by atoms with Crippen molar-refractivity contribution < 1.29 is 33.3 Å². The fourth-order valence-electron chi connectivity index (χ4n) is 1.66. The number of hydrogen-bond donors (Lipinski definition) is 2. The lowest BCUT2D eigenvalue weighted by Gasteiger charge is -2.08. The molecule has 9 nitrogen and oxygen atoms in total. The third-order valence-corrected chi connectivity index (χ3v) is 3.00. The summed E-state index contributed by atoms with van der Waals surface area (Å²) >= 11 is 0. The zero-order chi connectivity index (χ0) is 19.3. The van der Waals surface area contributed by atoms with E-state index in [2.05, 4.69) is 17.6 Å². The van der Waals surface area contributed by atoms with E-state index in [0.29, 0.717) is 52.8 Å². The summed E-state index contributed by atoms with van der Waals surface area (Å²) in [6.07, 6.45) is 1.76. The minimum Gasteiger partial charge on any atom is -0.379 e. The van der Waals surface area contributed by atoms with Gasteiger partial charge in [-0.3, -0.25) is 9.59 Å². The lowest BCUT2D eigenvalue weighted by molar-refractivity contribution is -0.126. The third-order valence-electron chi connectivity index (χ3n) is 3.00. The van der Waals surface area contributed by atoms with Crippen molar-refractivity contribution in [2.75, 3.05) is 79.7 Å². The molecule has 0 radical (unpaired) electrons. The molecule has 0 heterocycles. The predicted octanol–water partition coefficient (Wildman–Crippen LogP) is -0.268. The summed E-state index contributed by atoms with van der Waals surface area (Å²) < 4.78 is 26.2. The van der Waals surface area contributed by atoms with Crippen LogP contribution in [-0.4, -0.2) is 91.5 Å². The molecule has 0 bridgehead atoms. The fourth-order valence-corrected chi connectivity index (χ4v) is 1.66. The van der Waals surface area contributed by atoms with Crippen LogP contribution in [0.3, 0.4) is 0 Å².